The summed E-state index contributed by atoms with van der Waals surface area (Å²) in [6, 6.07) is 5.78. The predicted octanol–water partition coefficient (Wildman–Crippen LogP) is 3.47. The fourth-order valence-corrected chi connectivity index (χ4v) is 4.71. The van der Waals surface area contributed by atoms with Gasteiger partial charge in [0.15, 0.2) is 0 Å². The van der Waals surface area contributed by atoms with Gasteiger partial charge in [-0.15, -0.1) is 0 Å². The molecule has 2 aliphatic heterocycles. The van der Waals surface area contributed by atoms with Gasteiger partial charge in [0.1, 0.15) is 6.10 Å². The third-order valence-corrected chi connectivity index (χ3v) is 6.24. The Balaban J connectivity index is 1.42. The second-order valence-corrected chi connectivity index (χ2v) is 8.34. The normalized spacial score (nSPS) is 23.6. The van der Waals surface area contributed by atoms with E-state index in [1.165, 1.54) is 11.3 Å². The standard InChI is InChI=1S/C22H24ClN5O/c1-28-11-9-15(23)12-18-22(28)17-13-25-27-20(21(17)26-18)14-5-7-16(8-6-14)29-19-4-2-3-10-24-19/h2-4,9-10,12,14,16,26H,5-8,11,13H2,1H3/t14-,16-. The monoisotopic (exact) mass is 409 g/mol. The zero-order valence-electron chi connectivity index (χ0n) is 16.4. The molecule has 0 saturated heterocycles. The van der Waals surface area contributed by atoms with E-state index in [4.69, 9.17) is 16.3 Å². The first kappa shape index (κ1) is 18.4. The second kappa shape index (κ2) is 7.67. The van der Waals surface area contributed by atoms with Crippen molar-refractivity contribution < 1.29 is 4.74 Å². The molecule has 7 heteroatoms. The summed E-state index contributed by atoms with van der Waals surface area (Å²) in [7, 11) is 2.10. The molecular weight excluding hydrogens is 386 g/mol. The van der Waals surface area contributed by atoms with Crippen molar-refractivity contribution in [3.8, 4) is 5.88 Å². The Hall–Kier alpha value is -2.60. The molecule has 4 heterocycles. The molecule has 1 aliphatic carbocycles. The van der Waals surface area contributed by atoms with Crippen molar-refractivity contribution in [2.24, 2.45) is 16.1 Å². The van der Waals surface area contributed by atoms with Crippen molar-refractivity contribution in [1.82, 2.24) is 9.97 Å². The minimum Gasteiger partial charge on any atom is -0.474 e. The highest BCUT2D eigenvalue weighted by Gasteiger charge is 2.29. The Morgan fingerprint density at radius 3 is 2.86 bits per heavy atom. The lowest BCUT2D eigenvalue weighted by molar-refractivity contribution is 0.136. The molecule has 2 aromatic heterocycles. The molecule has 3 aliphatic rings. The summed E-state index contributed by atoms with van der Waals surface area (Å²) in [6.07, 6.45) is 10.1. The Morgan fingerprint density at radius 2 is 2.07 bits per heavy atom. The first-order chi connectivity index (χ1) is 14.2. The van der Waals surface area contributed by atoms with E-state index >= 15 is 0 Å². The lowest BCUT2D eigenvalue weighted by Crippen LogP contribution is -2.28. The molecule has 0 radical (unpaired) electrons. The number of anilines is 1. The van der Waals surface area contributed by atoms with Gasteiger partial charge in [0.25, 0.3) is 0 Å². The predicted molar refractivity (Wildman–Crippen MR) is 114 cm³/mol. The average molecular weight is 410 g/mol. The fraction of sp³-hybridized carbons (Fsp3) is 0.409. The van der Waals surface area contributed by atoms with Crippen LogP contribution in [0, 0.1) is 5.92 Å². The molecule has 6 nitrogen and oxygen atoms in total. The van der Waals surface area contributed by atoms with Gasteiger partial charge in [-0.25, -0.2) is 4.98 Å². The number of allylic oxidation sites excluding steroid dienone is 1. The van der Waals surface area contributed by atoms with Crippen molar-refractivity contribution in [1.29, 1.82) is 0 Å². The number of fused-ring (bicyclic) bond motifs is 3. The van der Waals surface area contributed by atoms with Crippen LogP contribution in [-0.4, -0.2) is 29.7 Å². The van der Waals surface area contributed by atoms with E-state index in [0.29, 0.717) is 18.3 Å². The number of nitrogens with zero attached hydrogens (tertiary/aromatic N) is 4. The Morgan fingerprint density at radius 1 is 1.21 bits per heavy atom. The van der Waals surface area contributed by atoms with Crippen LogP contribution < -0.4 is 20.3 Å². The van der Waals surface area contributed by atoms with Gasteiger partial charge in [0.2, 0.25) is 5.88 Å². The van der Waals surface area contributed by atoms with Crippen molar-refractivity contribution in [3.05, 3.63) is 51.8 Å². The highest BCUT2D eigenvalue weighted by molar-refractivity contribution is 6.34. The number of rotatable bonds is 3. The molecule has 0 spiro atoms. The van der Waals surface area contributed by atoms with E-state index in [1.54, 1.807) is 6.20 Å². The highest BCUT2D eigenvalue weighted by atomic mass is 35.5. The first-order valence-corrected chi connectivity index (χ1v) is 10.6. The summed E-state index contributed by atoms with van der Waals surface area (Å²) < 4.78 is 6.05. The summed E-state index contributed by atoms with van der Waals surface area (Å²) in [6.45, 7) is 1.40. The van der Waals surface area contributed by atoms with Crippen molar-refractivity contribution in [3.63, 3.8) is 0 Å². The third-order valence-electron chi connectivity index (χ3n) is 5.98. The van der Waals surface area contributed by atoms with Gasteiger partial charge in [-0.2, -0.15) is 10.2 Å². The Bertz CT molecular complexity index is 1080. The minimum absolute atomic E-state index is 0.213. The van der Waals surface area contributed by atoms with Gasteiger partial charge in [-0.1, -0.05) is 17.7 Å². The molecule has 29 heavy (non-hydrogen) atoms. The van der Waals surface area contributed by atoms with E-state index in [-0.39, 0.29) is 6.10 Å². The summed E-state index contributed by atoms with van der Waals surface area (Å²) in [4.78, 5) is 10.1. The van der Waals surface area contributed by atoms with Crippen LogP contribution in [0.25, 0.3) is 11.8 Å². The lowest BCUT2D eigenvalue weighted by atomic mass is 9.84. The summed E-state index contributed by atoms with van der Waals surface area (Å²) in [5.74, 6) is 1.10. The molecule has 150 valence electrons. The molecule has 5 rings (SSSR count). The number of likely N-dealkylation sites (N-methyl/N-ethyl adjacent to an activating group) is 1. The van der Waals surface area contributed by atoms with E-state index in [0.717, 1.165) is 53.7 Å². The largest absolute Gasteiger partial charge is 0.474 e. The molecule has 0 unspecified atom stereocenters. The zero-order chi connectivity index (χ0) is 19.8. The number of ether oxygens (including phenoxy) is 1. The van der Waals surface area contributed by atoms with Crippen LogP contribution in [0.5, 0.6) is 5.88 Å². The van der Waals surface area contributed by atoms with Crippen molar-refractivity contribution in [2.45, 2.75) is 38.3 Å². The first-order valence-electron chi connectivity index (χ1n) is 10.2. The molecule has 0 amide bonds. The smallest absolute Gasteiger partial charge is 0.213 e. The van der Waals surface area contributed by atoms with E-state index in [2.05, 4.69) is 32.1 Å². The van der Waals surface area contributed by atoms with Gasteiger partial charge < -0.3 is 14.6 Å². The quantitative estimate of drug-likeness (QED) is 0.844. The maximum atomic E-state index is 6.33. The summed E-state index contributed by atoms with van der Waals surface area (Å²) in [5.41, 5.74) is 3.50. The number of pyridine rings is 1. The molecule has 2 aromatic rings. The van der Waals surface area contributed by atoms with Crippen LogP contribution in [0.3, 0.4) is 0 Å². The number of nitrogens with one attached hydrogen (secondary N) is 1. The fourth-order valence-electron chi connectivity index (χ4n) is 4.54. The molecule has 1 saturated carbocycles. The Labute approximate surface area is 174 Å². The van der Waals surface area contributed by atoms with Crippen LogP contribution >= 0.6 is 11.6 Å². The number of H-pyrrole nitrogens is 1. The molecule has 0 aromatic carbocycles. The number of halogens is 1. The summed E-state index contributed by atoms with van der Waals surface area (Å²) in [5, 5.41) is 12.0. The van der Waals surface area contributed by atoms with E-state index < -0.39 is 0 Å². The van der Waals surface area contributed by atoms with Crippen molar-refractivity contribution in [2.75, 3.05) is 18.5 Å². The van der Waals surface area contributed by atoms with Crippen LogP contribution in [0.1, 0.15) is 31.2 Å². The van der Waals surface area contributed by atoms with Gasteiger partial charge in [-0.05, 0) is 43.9 Å². The van der Waals surface area contributed by atoms with E-state index in [9.17, 15) is 0 Å². The molecular formula is C22H24ClN5O. The van der Waals surface area contributed by atoms with Crippen LogP contribution in [-0.2, 0) is 6.54 Å². The number of aromatic nitrogens is 2. The second-order valence-electron chi connectivity index (χ2n) is 7.90. The highest BCUT2D eigenvalue weighted by Crippen LogP contribution is 2.34. The summed E-state index contributed by atoms with van der Waals surface area (Å²) >= 11 is 6.33. The zero-order valence-corrected chi connectivity index (χ0v) is 17.2. The third kappa shape index (κ3) is 3.57. The van der Waals surface area contributed by atoms with Crippen LogP contribution in [0.15, 0.2) is 45.7 Å². The van der Waals surface area contributed by atoms with Gasteiger partial charge in [0, 0.05) is 42.4 Å². The van der Waals surface area contributed by atoms with E-state index in [1.807, 2.05) is 30.4 Å². The van der Waals surface area contributed by atoms with Gasteiger partial charge in [0.05, 0.1) is 28.6 Å². The van der Waals surface area contributed by atoms with Crippen molar-refractivity contribution >= 4 is 29.1 Å². The molecule has 0 atom stereocenters. The molecule has 1 fully saturated rings. The number of hydrogen-bond donors (Lipinski definition) is 1. The Kier molecular flexibility index (Phi) is 4.87. The minimum atomic E-state index is 0.213. The number of hydrogen-bond acceptors (Lipinski definition) is 5. The SMILES string of the molecule is CN1CC=C(Cl)C=c2[nH]c3c(c21)CN=NC=3[C@H]1CC[C@H](Oc2ccccn2)CC1. The average Bonchev–Trinajstić information content (AvgIpc) is 3.04. The lowest BCUT2D eigenvalue weighted by Gasteiger charge is -2.29. The molecule has 0 bridgehead atoms. The number of azo groups is 1. The molecule has 1 N–H and O–H groups in total. The van der Waals surface area contributed by atoms with Crippen LogP contribution in [0.2, 0.25) is 0 Å². The van der Waals surface area contributed by atoms with Gasteiger partial charge >= 0.3 is 0 Å². The topological polar surface area (TPSA) is 65.9 Å². The maximum absolute atomic E-state index is 6.33. The number of aromatic amines is 1. The van der Waals surface area contributed by atoms with Gasteiger partial charge in [-0.3, -0.25) is 0 Å². The van der Waals surface area contributed by atoms with Crippen LogP contribution in [0.4, 0.5) is 5.69 Å². The maximum Gasteiger partial charge on any atom is 0.213 e.